The lowest BCUT2D eigenvalue weighted by atomic mass is 10.1. The number of hydrogen-bond acceptors (Lipinski definition) is 3. The Morgan fingerprint density at radius 3 is 2.65 bits per heavy atom. The van der Waals surface area contributed by atoms with E-state index in [0.717, 1.165) is 23.4 Å². The minimum atomic E-state index is -0.346. The van der Waals surface area contributed by atoms with Gasteiger partial charge in [-0.25, -0.2) is 4.39 Å². The van der Waals surface area contributed by atoms with E-state index in [1.807, 2.05) is 25.1 Å². The summed E-state index contributed by atoms with van der Waals surface area (Å²) in [6.07, 6.45) is 6.01. The van der Waals surface area contributed by atoms with Crippen LogP contribution in [-0.2, 0) is 6.42 Å². The van der Waals surface area contributed by atoms with Gasteiger partial charge in [0.25, 0.3) is 0 Å². The van der Waals surface area contributed by atoms with E-state index >= 15 is 0 Å². The van der Waals surface area contributed by atoms with Crippen LogP contribution in [-0.4, -0.2) is 9.97 Å². The molecule has 116 valence electrons. The van der Waals surface area contributed by atoms with E-state index < -0.39 is 0 Å². The molecule has 0 aliphatic rings. The number of pyridine rings is 2. The predicted octanol–water partition coefficient (Wildman–Crippen LogP) is 5.24. The fraction of sp³-hybridized carbons (Fsp3) is 0.111. The van der Waals surface area contributed by atoms with Gasteiger partial charge in [0, 0.05) is 40.6 Å². The van der Waals surface area contributed by atoms with Gasteiger partial charge < -0.3 is 5.32 Å². The molecule has 0 aliphatic heterocycles. The van der Waals surface area contributed by atoms with E-state index in [4.69, 9.17) is 11.6 Å². The number of nitrogens with zero attached hydrogens (tertiary/aromatic N) is 2. The zero-order valence-electron chi connectivity index (χ0n) is 12.6. The van der Waals surface area contributed by atoms with Crippen molar-refractivity contribution in [3.63, 3.8) is 0 Å². The molecule has 3 aromatic rings. The molecule has 1 N–H and O–H groups in total. The first-order chi connectivity index (χ1) is 11.2. The Hall–Kier alpha value is -2.46. The highest BCUT2D eigenvalue weighted by molar-refractivity contribution is 6.30. The van der Waals surface area contributed by atoms with Crippen LogP contribution >= 0.6 is 11.6 Å². The summed E-state index contributed by atoms with van der Waals surface area (Å²) in [6.45, 7) is 2.05. The van der Waals surface area contributed by atoms with Gasteiger partial charge in [0.05, 0.1) is 5.69 Å². The summed E-state index contributed by atoms with van der Waals surface area (Å²) in [5, 5.41) is 3.81. The van der Waals surface area contributed by atoms with E-state index in [0.29, 0.717) is 16.3 Å². The first kappa shape index (κ1) is 15.4. The molecular formula is C18H15ClFN3. The van der Waals surface area contributed by atoms with Gasteiger partial charge in [-0.3, -0.25) is 9.97 Å². The van der Waals surface area contributed by atoms with Crippen LogP contribution in [0.2, 0.25) is 5.02 Å². The molecule has 23 heavy (non-hydrogen) atoms. The van der Waals surface area contributed by atoms with Crippen LogP contribution in [0.5, 0.6) is 0 Å². The monoisotopic (exact) mass is 327 g/mol. The van der Waals surface area contributed by atoms with E-state index in [-0.39, 0.29) is 5.82 Å². The molecule has 0 aliphatic carbocycles. The normalized spacial score (nSPS) is 10.6. The third-order valence-electron chi connectivity index (χ3n) is 3.53. The number of rotatable bonds is 4. The quantitative estimate of drug-likeness (QED) is 0.712. The summed E-state index contributed by atoms with van der Waals surface area (Å²) in [4.78, 5) is 8.37. The predicted molar refractivity (Wildman–Crippen MR) is 91.5 cm³/mol. The Bertz CT molecular complexity index is 822. The topological polar surface area (TPSA) is 37.8 Å². The summed E-state index contributed by atoms with van der Waals surface area (Å²) in [7, 11) is 0. The van der Waals surface area contributed by atoms with Crippen LogP contribution in [0.15, 0.2) is 55.0 Å². The largest absolute Gasteiger partial charge is 0.355 e. The van der Waals surface area contributed by atoms with E-state index in [1.54, 1.807) is 24.7 Å². The maximum Gasteiger partial charge on any atom is 0.132 e. The molecule has 2 aromatic heterocycles. The number of aromatic nitrogens is 2. The van der Waals surface area contributed by atoms with Gasteiger partial charge in [-0.05, 0) is 48.4 Å². The van der Waals surface area contributed by atoms with Gasteiger partial charge >= 0.3 is 0 Å². The van der Waals surface area contributed by atoms with Gasteiger partial charge in [0.1, 0.15) is 5.82 Å². The molecular weight excluding hydrogens is 313 g/mol. The number of nitrogens with one attached hydrogen (secondary N) is 1. The van der Waals surface area contributed by atoms with Gasteiger partial charge in [-0.1, -0.05) is 18.5 Å². The van der Waals surface area contributed by atoms with E-state index in [9.17, 15) is 4.39 Å². The number of halogens is 2. The molecule has 5 heteroatoms. The second-order valence-corrected chi connectivity index (χ2v) is 5.50. The summed E-state index contributed by atoms with van der Waals surface area (Å²) < 4.78 is 14.1. The third kappa shape index (κ3) is 3.48. The second-order valence-electron chi connectivity index (χ2n) is 5.07. The smallest absolute Gasteiger partial charge is 0.132 e. The molecule has 3 rings (SSSR count). The lowest BCUT2D eigenvalue weighted by molar-refractivity contribution is 0.631. The van der Waals surface area contributed by atoms with E-state index in [1.165, 1.54) is 12.1 Å². The fourth-order valence-corrected chi connectivity index (χ4v) is 2.49. The summed E-state index contributed by atoms with van der Waals surface area (Å²) in [6, 6.07) is 10.0. The lowest BCUT2D eigenvalue weighted by Gasteiger charge is -2.13. The van der Waals surface area contributed by atoms with Crippen LogP contribution in [0.25, 0.3) is 11.3 Å². The van der Waals surface area contributed by atoms with Crippen molar-refractivity contribution in [1.29, 1.82) is 0 Å². The highest BCUT2D eigenvalue weighted by Gasteiger charge is 2.11. The Morgan fingerprint density at radius 1 is 1.13 bits per heavy atom. The van der Waals surface area contributed by atoms with Crippen molar-refractivity contribution in [2.24, 2.45) is 0 Å². The van der Waals surface area contributed by atoms with Gasteiger partial charge in [0.2, 0.25) is 0 Å². The zero-order valence-corrected chi connectivity index (χ0v) is 13.3. The third-order valence-corrected chi connectivity index (χ3v) is 3.77. The van der Waals surface area contributed by atoms with Crippen LogP contribution in [0, 0.1) is 5.82 Å². The van der Waals surface area contributed by atoms with Gasteiger partial charge in [0.15, 0.2) is 0 Å². The first-order valence-corrected chi connectivity index (χ1v) is 7.66. The molecule has 1 aromatic carbocycles. The van der Waals surface area contributed by atoms with Crippen molar-refractivity contribution >= 4 is 23.0 Å². The van der Waals surface area contributed by atoms with Crippen molar-refractivity contribution in [2.75, 3.05) is 5.32 Å². The molecule has 0 spiro atoms. The Balaban J connectivity index is 2.04. The average Bonchev–Trinajstić information content (AvgIpc) is 2.58. The average molecular weight is 328 g/mol. The first-order valence-electron chi connectivity index (χ1n) is 7.28. The zero-order chi connectivity index (χ0) is 16.2. The van der Waals surface area contributed by atoms with Crippen molar-refractivity contribution in [3.05, 3.63) is 71.4 Å². The lowest BCUT2D eigenvalue weighted by Crippen LogP contribution is -1.98. The van der Waals surface area contributed by atoms with Gasteiger partial charge in [-0.15, -0.1) is 0 Å². The fourth-order valence-electron chi connectivity index (χ4n) is 2.31. The number of hydrogen-bond donors (Lipinski definition) is 1. The molecule has 0 atom stereocenters. The molecule has 0 bridgehead atoms. The molecule has 2 heterocycles. The highest BCUT2D eigenvalue weighted by atomic mass is 35.5. The Morgan fingerprint density at radius 2 is 1.91 bits per heavy atom. The maximum absolute atomic E-state index is 14.1. The second kappa shape index (κ2) is 6.75. The Labute approximate surface area is 139 Å². The molecule has 0 radical (unpaired) electrons. The van der Waals surface area contributed by atoms with Crippen LogP contribution in [0.3, 0.4) is 0 Å². The van der Waals surface area contributed by atoms with E-state index in [2.05, 4.69) is 15.3 Å². The van der Waals surface area contributed by atoms with Gasteiger partial charge in [-0.2, -0.15) is 0 Å². The van der Waals surface area contributed by atoms with Crippen molar-refractivity contribution in [2.45, 2.75) is 13.3 Å². The van der Waals surface area contributed by atoms with Crippen LogP contribution < -0.4 is 5.32 Å². The highest BCUT2D eigenvalue weighted by Crippen LogP contribution is 2.29. The maximum atomic E-state index is 14.1. The standard InChI is InChI=1S/C18H15ClFN3/c1-2-12-11-22-18(15-9-13(19)3-4-16(15)20)10-17(12)23-14-5-7-21-8-6-14/h3-11H,2H2,1H3,(H,21,22,23). The summed E-state index contributed by atoms with van der Waals surface area (Å²) in [5.74, 6) is -0.346. The molecule has 0 amide bonds. The molecule has 0 fully saturated rings. The summed E-state index contributed by atoms with van der Waals surface area (Å²) >= 11 is 5.98. The molecule has 3 nitrogen and oxygen atoms in total. The minimum Gasteiger partial charge on any atom is -0.355 e. The van der Waals surface area contributed by atoms with Crippen molar-refractivity contribution in [3.8, 4) is 11.3 Å². The molecule has 0 saturated heterocycles. The minimum absolute atomic E-state index is 0.346. The van der Waals surface area contributed by atoms with Crippen molar-refractivity contribution in [1.82, 2.24) is 9.97 Å². The number of anilines is 2. The number of benzene rings is 1. The molecule has 0 unspecified atom stereocenters. The van der Waals surface area contributed by atoms with Crippen LogP contribution in [0.1, 0.15) is 12.5 Å². The summed E-state index contributed by atoms with van der Waals surface area (Å²) in [5.41, 5.74) is 3.78. The van der Waals surface area contributed by atoms with Crippen LogP contribution in [0.4, 0.5) is 15.8 Å². The number of aryl methyl sites for hydroxylation is 1. The van der Waals surface area contributed by atoms with Crippen molar-refractivity contribution < 1.29 is 4.39 Å². The molecule has 0 saturated carbocycles. The Kier molecular flexibility index (Phi) is 4.53. The SMILES string of the molecule is CCc1cnc(-c2cc(Cl)ccc2F)cc1Nc1ccncc1.